The van der Waals surface area contributed by atoms with E-state index in [1.807, 2.05) is 21.0 Å². The van der Waals surface area contributed by atoms with Crippen LogP contribution < -0.4 is 10.1 Å². The van der Waals surface area contributed by atoms with Gasteiger partial charge in [0.05, 0.1) is 6.61 Å². The maximum atomic E-state index is 5.73. The molecule has 0 aliphatic rings. The molecule has 1 aromatic heterocycles. The van der Waals surface area contributed by atoms with Crippen LogP contribution in [0.3, 0.4) is 0 Å². The van der Waals surface area contributed by atoms with Crippen molar-refractivity contribution in [1.29, 1.82) is 0 Å². The van der Waals surface area contributed by atoms with Gasteiger partial charge in [0, 0.05) is 24.4 Å². The van der Waals surface area contributed by atoms with E-state index in [1.54, 1.807) is 22.8 Å². The molecule has 1 heterocycles. The Bertz CT molecular complexity index is 585. The van der Waals surface area contributed by atoms with Gasteiger partial charge in [-0.05, 0) is 38.6 Å². The van der Waals surface area contributed by atoms with Crippen LogP contribution in [0.15, 0.2) is 29.7 Å². The van der Waals surface area contributed by atoms with Gasteiger partial charge < -0.3 is 10.1 Å². The Kier molecular flexibility index (Phi) is 5.64. The number of thioether (sulfide) groups is 1. The highest BCUT2D eigenvalue weighted by molar-refractivity contribution is 7.98. The molecule has 1 aromatic carbocycles. The summed E-state index contributed by atoms with van der Waals surface area (Å²) < 4.78 is 7.51. The van der Waals surface area contributed by atoms with Gasteiger partial charge >= 0.3 is 0 Å². The van der Waals surface area contributed by atoms with Gasteiger partial charge in [0.15, 0.2) is 5.16 Å². The van der Waals surface area contributed by atoms with Crippen molar-refractivity contribution in [3.63, 3.8) is 0 Å². The van der Waals surface area contributed by atoms with Crippen molar-refractivity contribution >= 4 is 11.8 Å². The molecule has 21 heavy (non-hydrogen) atoms. The zero-order valence-corrected chi connectivity index (χ0v) is 13.8. The highest BCUT2D eigenvalue weighted by Gasteiger charge is 2.11. The van der Waals surface area contributed by atoms with Gasteiger partial charge in [0.25, 0.3) is 0 Å². The predicted molar refractivity (Wildman–Crippen MR) is 85.6 cm³/mol. The van der Waals surface area contributed by atoms with Crippen LogP contribution >= 0.6 is 11.8 Å². The highest BCUT2D eigenvalue weighted by atomic mass is 32.2. The van der Waals surface area contributed by atoms with Gasteiger partial charge in [-0.15, -0.1) is 0 Å². The second kappa shape index (κ2) is 7.47. The summed E-state index contributed by atoms with van der Waals surface area (Å²) in [4.78, 5) is 4.24. The summed E-state index contributed by atoms with van der Waals surface area (Å²) in [7, 11) is 3.87. The third kappa shape index (κ3) is 3.98. The van der Waals surface area contributed by atoms with Crippen molar-refractivity contribution in [3.8, 4) is 5.75 Å². The zero-order valence-electron chi connectivity index (χ0n) is 13.0. The van der Waals surface area contributed by atoms with Gasteiger partial charge in [-0.1, -0.05) is 17.8 Å². The lowest BCUT2D eigenvalue weighted by Crippen LogP contribution is -2.12. The van der Waals surface area contributed by atoms with Crippen LogP contribution in [0, 0.1) is 0 Å². The molecule has 0 saturated carbocycles. The van der Waals surface area contributed by atoms with Crippen LogP contribution in [0.2, 0.25) is 0 Å². The molecule has 0 saturated heterocycles. The van der Waals surface area contributed by atoms with Gasteiger partial charge in [-0.25, -0.2) is 9.67 Å². The lowest BCUT2D eigenvalue weighted by molar-refractivity contribution is 0.337. The fraction of sp³-hybridized carbons (Fsp3) is 0.467. The van der Waals surface area contributed by atoms with Crippen LogP contribution in [0.25, 0.3) is 0 Å². The summed E-state index contributed by atoms with van der Waals surface area (Å²) in [5.41, 5.74) is 2.44. The van der Waals surface area contributed by atoms with Crippen molar-refractivity contribution in [2.24, 2.45) is 7.05 Å². The molecule has 6 heteroatoms. The minimum absolute atomic E-state index is 0.319. The number of hydrogen-bond acceptors (Lipinski definition) is 5. The number of ether oxygens (including phenoxy) is 1. The molecule has 0 aliphatic heterocycles. The van der Waals surface area contributed by atoms with Crippen molar-refractivity contribution in [2.75, 3.05) is 13.7 Å². The van der Waals surface area contributed by atoms with Gasteiger partial charge in [0.2, 0.25) is 0 Å². The largest absolute Gasteiger partial charge is 0.494 e. The number of aromatic nitrogens is 3. The Morgan fingerprint density at radius 3 is 2.86 bits per heavy atom. The maximum absolute atomic E-state index is 5.73. The fourth-order valence-electron chi connectivity index (χ4n) is 2.00. The number of hydrogen-bond donors (Lipinski definition) is 1. The van der Waals surface area contributed by atoms with E-state index in [2.05, 4.69) is 40.5 Å². The third-order valence-electron chi connectivity index (χ3n) is 3.34. The smallest absolute Gasteiger partial charge is 0.186 e. The van der Waals surface area contributed by atoms with E-state index in [9.17, 15) is 0 Å². The Morgan fingerprint density at radius 2 is 2.24 bits per heavy atom. The number of rotatable bonds is 7. The third-order valence-corrected chi connectivity index (χ3v) is 4.43. The average Bonchev–Trinajstić information content (AvgIpc) is 2.91. The summed E-state index contributed by atoms with van der Waals surface area (Å²) in [6.07, 6.45) is 1.57. The van der Waals surface area contributed by atoms with E-state index in [-0.39, 0.29) is 0 Å². The van der Waals surface area contributed by atoms with Crippen LogP contribution in [0.4, 0.5) is 0 Å². The Morgan fingerprint density at radius 1 is 1.43 bits per heavy atom. The second-order valence-corrected chi connectivity index (χ2v) is 5.71. The molecule has 1 N–H and O–H groups in total. The number of benzene rings is 1. The molecule has 0 radical (unpaired) electrons. The second-order valence-electron chi connectivity index (χ2n) is 4.77. The number of aryl methyl sites for hydroxylation is 1. The van der Waals surface area contributed by atoms with Crippen LogP contribution in [-0.2, 0) is 12.8 Å². The molecule has 2 rings (SSSR count). The number of nitrogens with zero attached hydrogens (tertiary/aromatic N) is 3. The van der Waals surface area contributed by atoms with Crippen molar-refractivity contribution < 1.29 is 4.74 Å². The van der Waals surface area contributed by atoms with E-state index >= 15 is 0 Å². The minimum atomic E-state index is 0.319. The molecule has 114 valence electrons. The van der Waals surface area contributed by atoms with Crippen LogP contribution in [0.5, 0.6) is 5.75 Å². The average molecular weight is 306 g/mol. The Hall–Kier alpha value is -1.53. The number of nitrogens with one attached hydrogen (secondary N) is 1. The van der Waals surface area contributed by atoms with Crippen molar-refractivity contribution in [2.45, 2.75) is 30.8 Å². The molecule has 1 unspecified atom stereocenters. The van der Waals surface area contributed by atoms with Gasteiger partial charge in [-0.3, -0.25) is 0 Å². The first-order chi connectivity index (χ1) is 10.2. The van der Waals surface area contributed by atoms with Crippen LogP contribution in [-0.4, -0.2) is 28.4 Å². The predicted octanol–water partition coefficient (Wildman–Crippen LogP) is 2.79. The minimum Gasteiger partial charge on any atom is -0.494 e. The summed E-state index contributed by atoms with van der Waals surface area (Å²) in [5.74, 6) is 1.76. The van der Waals surface area contributed by atoms with E-state index in [1.165, 1.54) is 11.1 Å². The zero-order chi connectivity index (χ0) is 15.2. The summed E-state index contributed by atoms with van der Waals surface area (Å²) in [5, 5.41) is 8.26. The molecule has 0 fully saturated rings. The molecule has 2 aromatic rings. The van der Waals surface area contributed by atoms with E-state index in [4.69, 9.17) is 4.74 Å². The molecular formula is C15H22N4OS. The quantitative estimate of drug-likeness (QED) is 0.797. The van der Waals surface area contributed by atoms with E-state index < -0.39 is 0 Å². The Labute approximate surface area is 130 Å². The lowest BCUT2D eigenvalue weighted by Gasteiger charge is -2.15. The first kappa shape index (κ1) is 15.9. The molecular weight excluding hydrogens is 284 g/mol. The van der Waals surface area contributed by atoms with Crippen molar-refractivity contribution in [3.05, 3.63) is 35.7 Å². The normalized spacial score (nSPS) is 12.4. The molecule has 0 aliphatic carbocycles. The maximum Gasteiger partial charge on any atom is 0.186 e. The van der Waals surface area contributed by atoms with Gasteiger partial charge in [-0.2, -0.15) is 5.10 Å². The highest BCUT2D eigenvalue weighted by Crippen LogP contribution is 2.29. The monoisotopic (exact) mass is 306 g/mol. The first-order valence-electron chi connectivity index (χ1n) is 7.05. The molecule has 5 nitrogen and oxygen atoms in total. The van der Waals surface area contributed by atoms with Crippen LogP contribution in [0.1, 0.15) is 31.0 Å². The topological polar surface area (TPSA) is 52.0 Å². The lowest BCUT2D eigenvalue weighted by atomic mass is 10.1. The summed E-state index contributed by atoms with van der Waals surface area (Å²) in [6.45, 7) is 4.82. The first-order valence-corrected chi connectivity index (χ1v) is 8.04. The fourth-order valence-corrected chi connectivity index (χ4v) is 2.87. The van der Waals surface area contributed by atoms with Crippen molar-refractivity contribution in [1.82, 2.24) is 20.1 Å². The summed E-state index contributed by atoms with van der Waals surface area (Å²) >= 11 is 1.66. The van der Waals surface area contributed by atoms with Gasteiger partial charge in [0.1, 0.15) is 12.1 Å². The molecule has 0 spiro atoms. The summed E-state index contributed by atoms with van der Waals surface area (Å²) in [6, 6.07) is 6.69. The molecule has 0 bridgehead atoms. The molecule has 1 atom stereocenters. The standard InChI is InChI=1S/C15H22N4OS/c1-5-20-14-7-6-12(11(2)16-3)8-13(14)9-21-15-17-10-18-19(15)4/h6-8,10-11,16H,5,9H2,1-4H3. The SMILES string of the molecule is CCOc1ccc(C(C)NC)cc1CSc1ncnn1C. The molecule has 0 amide bonds. The van der Waals surface area contributed by atoms with E-state index in [0.717, 1.165) is 16.7 Å². The van der Waals surface area contributed by atoms with E-state index in [0.29, 0.717) is 12.6 Å². The Balaban J connectivity index is 2.19.